The molecule has 3 rings (SSSR count). The summed E-state index contributed by atoms with van der Waals surface area (Å²) in [7, 11) is 0. The predicted octanol–water partition coefficient (Wildman–Crippen LogP) is 4.14. The first-order valence-corrected chi connectivity index (χ1v) is 6.99. The molecule has 3 aromatic rings. The van der Waals surface area contributed by atoms with Gasteiger partial charge >= 0.3 is 0 Å². The number of hydrogen-bond acceptors (Lipinski definition) is 3. The van der Waals surface area contributed by atoms with E-state index < -0.39 is 11.6 Å². The van der Waals surface area contributed by atoms with E-state index in [1.165, 1.54) is 6.07 Å². The van der Waals surface area contributed by atoms with Gasteiger partial charge in [0.15, 0.2) is 10.9 Å². The average molecular weight is 304 g/mol. The van der Waals surface area contributed by atoms with Crippen molar-refractivity contribution in [3.05, 3.63) is 59.2 Å². The molecule has 0 saturated carbocycles. The molecule has 0 aliphatic carbocycles. The van der Waals surface area contributed by atoms with Crippen LogP contribution in [0.1, 0.15) is 15.9 Å². The molecule has 1 heterocycles. The third-order valence-corrected chi connectivity index (χ3v) is 3.94. The lowest BCUT2D eigenvalue weighted by molar-refractivity contribution is 0.102. The van der Waals surface area contributed by atoms with Gasteiger partial charge in [-0.3, -0.25) is 10.1 Å². The van der Waals surface area contributed by atoms with Crippen LogP contribution in [0.15, 0.2) is 36.4 Å². The Morgan fingerprint density at radius 3 is 2.76 bits per heavy atom. The SMILES string of the molecule is Cc1ccccc1C(=O)Nc1nc2c(F)cc(F)cc2s1. The molecule has 0 aliphatic heterocycles. The summed E-state index contributed by atoms with van der Waals surface area (Å²) in [5.74, 6) is -1.73. The molecule has 1 amide bonds. The zero-order chi connectivity index (χ0) is 15.0. The standard InChI is InChI=1S/C15H10F2N2OS/c1-8-4-2-3-5-10(8)14(20)19-15-18-13-11(17)6-9(16)7-12(13)21-15/h2-7H,1H3,(H,18,19,20). The number of nitrogens with zero attached hydrogens (tertiary/aromatic N) is 1. The molecule has 0 atom stereocenters. The Bertz CT molecular complexity index is 845. The van der Waals surface area contributed by atoms with Gasteiger partial charge in [-0.25, -0.2) is 13.8 Å². The monoisotopic (exact) mass is 304 g/mol. The van der Waals surface area contributed by atoms with Crippen molar-refractivity contribution >= 4 is 32.6 Å². The van der Waals surface area contributed by atoms with E-state index in [9.17, 15) is 13.6 Å². The smallest absolute Gasteiger partial charge is 0.257 e. The number of amides is 1. The van der Waals surface area contributed by atoms with Gasteiger partial charge < -0.3 is 0 Å². The summed E-state index contributed by atoms with van der Waals surface area (Å²) in [6, 6.07) is 9.08. The van der Waals surface area contributed by atoms with Crippen LogP contribution in [0.25, 0.3) is 10.2 Å². The highest BCUT2D eigenvalue weighted by atomic mass is 32.1. The van der Waals surface area contributed by atoms with Crippen LogP contribution in [0.5, 0.6) is 0 Å². The number of aromatic nitrogens is 1. The third kappa shape index (κ3) is 2.62. The molecule has 0 spiro atoms. The number of nitrogens with one attached hydrogen (secondary N) is 1. The van der Waals surface area contributed by atoms with Gasteiger partial charge in [-0.1, -0.05) is 29.5 Å². The summed E-state index contributed by atoms with van der Waals surface area (Å²) in [4.78, 5) is 16.1. The second-order valence-electron chi connectivity index (χ2n) is 4.52. The van der Waals surface area contributed by atoms with Gasteiger partial charge in [-0.15, -0.1) is 0 Å². The van der Waals surface area contributed by atoms with E-state index in [4.69, 9.17) is 0 Å². The molecule has 3 nitrogen and oxygen atoms in total. The minimum Gasteiger partial charge on any atom is -0.298 e. The maximum atomic E-state index is 13.6. The summed E-state index contributed by atoms with van der Waals surface area (Å²) < 4.78 is 27.1. The minimum atomic E-state index is -0.738. The first-order valence-electron chi connectivity index (χ1n) is 6.17. The van der Waals surface area contributed by atoms with Crippen molar-refractivity contribution in [2.45, 2.75) is 6.92 Å². The number of carbonyl (C=O) groups is 1. The van der Waals surface area contributed by atoms with Crippen molar-refractivity contribution < 1.29 is 13.6 Å². The van der Waals surface area contributed by atoms with Crippen molar-refractivity contribution in [3.8, 4) is 0 Å². The fourth-order valence-electron chi connectivity index (χ4n) is 2.00. The van der Waals surface area contributed by atoms with Gasteiger partial charge in [0.25, 0.3) is 5.91 Å². The molecule has 0 radical (unpaired) electrons. The third-order valence-electron chi connectivity index (χ3n) is 3.02. The van der Waals surface area contributed by atoms with Crippen molar-refractivity contribution in [1.29, 1.82) is 0 Å². The fraction of sp³-hybridized carbons (Fsp3) is 0.0667. The highest BCUT2D eigenvalue weighted by Gasteiger charge is 2.14. The Kier molecular flexibility index (Phi) is 3.39. The summed E-state index contributed by atoms with van der Waals surface area (Å²) in [5.41, 5.74) is 1.40. The second-order valence-corrected chi connectivity index (χ2v) is 5.55. The topological polar surface area (TPSA) is 42.0 Å². The van der Waals surface area contributed by atoms with E-state index in [-0.39, 0.29) is 16.6 Å². The summed E-state index contributed by atoms with van der Waals surface area (Å²) >= 11 is 1.03. The van der Waals surface area contributed by atoms with Gasteiger partial charge in [0.1, 0.15) is 11.3 Å². The molecule has 0 fully saturated rings. The maximum Gasteiger partial charge on any atom is 0.257 e. The van der Waals surface area contributed by atoms with Crippen LogP contribution < -0.4 is 5.32 Å². The molecular formula is C15H10F2N2OS. The number of aryl methyl sites for hydroxylation is 1. The summed E-state index contributed by atoms with van der Waals surface area (Å²) in [5, 5.41) is 2.85. The number of benzene rings is 2. The first-order chi connectivity index (χ1) is 10.0. The van der Waals surface area contributed by atoms with Crippen LogP contribution in [-0.2, 0) is 0 Å². The number of fused-ring (bicyclic) bond motifs is 1. The van der Waals surface area contributed by atoms with E-state index >= 15 is 0 Å². The Balaban J connectivity index is 1.94. The van der Waals surface area contributed by atoms with Crippen LogP contribution in [-0.4, -0.2) is 10.9 Å². The maximum absolute atomic E-state index is 13.6. The van der Waals surface area contributed by atoms with Gasteiger partial charge in [0, 0.05) is 11.6 Å². The molecule has 1 N–H and O–H groups in total. The molecular weight excluding hydrogens is 294 g/mol. The van der Waals surface area contributed by atoms with Crippen LogP contribution in [0, 0.1) is 18.6 Å². The van der Waals surface area contributed by atoms with Crippen LogP contribution >= 0.6 is 11.3 Å². The lowest BCUT2D eigenvalue weighted by Crippen LogP contribution is -2.12. The lowest BCUT2D eigenvalue weighted by atomic mass is 10.1. The number of thiazole rings is 1. The van der Waals surface area contributed by atoms with Gasteiger partial charge in [0.05, 0.1) is 4.70 Å². The van der Waals surface area contributed by atoms with Gasteiger partial charge in [-0.05, 0) is 24.6 Å². The van der Waals surface area contributed by atoms with Crippen LogP contribution in [0.2, 0.25) is 0 Å². The van der Waals surface area contributed by atoms with Crippen LogP contribution in [0.3, 0.4) is 0 Å². The quantitative estimate of drug-likeness (QED) is 0.773. The average Bonchev–Trinajstić information content (AvgIpc) is 2.81. The molecule has 1 aromatic heterocycles. The van der Waals surface area contributed by atoms with Crippen molar-refractivity contribution in [2.75, 3.05) is 5.32 Å². The number of hydrogen-bond donors (Lipinski definition) is 1. The van der Waals surface area contributed by atoms with Gasteiger partial charge in [0.2, 0.25) is 0 Å². The van der Waals surface area contributed by atoms with E-state index in [1.54, 1.807) is 12.1 Å². The van der Waals surface area contributed by atoms with Gasteiger partial charge in [-0.2, -0.15) is 0 Å². The second kappa shape index (κ2) is 5.21. The van der Waals surface area contributed by atoms with Crippen molar-refractivity contribution in [1.82, 2.24) is 4.98 Å². The molecule has 21 heavy (non-hydrogen) atoms. The van der Waals surface area contributed by atoms with E-state index in [1.807, 2.05) is 19.1 Å². The van der Waals surface area contributed by atoms with E-state index in [0.29, 0.717) is 10.3 Å². The Hall–Kier alpha value is -2.34. The highest BCUT2D eigenvalue weighted by Crippen LogP contribution is 2.29. The molecule has 0 unspecified atom stereocenters. The van der Waals surface area contributed by atoms with Crippen LogP contribution in [0.4, 0.5) is 13.9 Å². The molecule has 0 saturated heterocycles. The number of anilines is 1. The lowest BCUT2D eigenvalue weighted by Gasteiger charge is -2.04. The summed E-state index contributed by atoms with van der Waals surface area (Å²) in [6.07, 6.45) is 0. The zero-order valence-electron chi connectivity index (χ0n) is 11.0. The highest BCUT2D eigenvalue weighted by molar-refractivity contribution is 7.22. The molecule has 6 heteroatoms. The largest absolute Gasteiger partial charge is 0.298 e. The Morgan fingerprint density at radius 1 is 1.24 bits per heavy atom. The predicted molar refractivity (Wildman–Crippen MR) is 78.7 cm³/mol. The molecule has 0 aliphatic rings. The Labute approximate surface area is 123 Å². The fourth-order valence-corrected chi connectivity index (χ4v) is 2.90. The zero-order valence-corrected chi connectivity index (χ0v) is 11.8. The molecule has 0 bridgehead atoms. The summed E-state index contributed by atoms with van der Waals surface area (Å²) in [6.45, 7) is 1.82. The number of halogens is 2. The molecule has 106 valence electrons. The number of rotatable bonds is 2. The van der Waals surface area contributed by atoms with Crippen molar-refractivity contribution in [3.63, 3.8) is 0 Å². The number of carbonyl (C=O) groups excluding carboxylic acids is 1. The first kappa shape index (κ1) is 13.6. The normalized spacial score (nSPS) is 10.8. The van der Waals surface area contributed by atoms with E-state index in [2.05, 4.69) is 10.3 Å². The Morgan fingerprint density at radius 2 is 2.00 bits per heavy atom. The minimum absolute atomic E-state index is 0.0569. The molecule has 2 aromatic carbocycles. The van der Waals surface area contributed by atoms with E-state index in [0.717, 1.165) is 23.0 Å². The van der Waals surface area contributed by atoms with Crippen molar-refractivity contribution in [2.24, 2.45) is 0 Å².